The van der Waals surface area contributed by atoms with Gasteiger partial charge in [-0.05, 0) is 18.2 Å². The van der Waals surface area contributed by atoms with Gasteiger partial charge in [0.2, 0.25) is 0 Å². The molecule has 1 aliphatic rings. The summed E-state index contributed by atoms with van der Waals surface area (Å²) in [7, 11) is 0. The van der Waals surface area contributed by atoms with Crippen molar-refractivity contribution in [2.24, 2.45) is 0 Å². The Bertz CT molecular complexity index is 531. The number of hydrogen-bond acceptors (Lipinski definition) is 5. The van der Waals surface area contributed by atoms with Gasteiger partial charge in [0.05, 0.1) is 0 Å². The van der Waals surface area contributed by atoms with Gasteiger partial charge in [-0.15, -0.1) is 0 Å². The number of carbonyl (C=O) groups is 2. The molecule has 0 fully saturated rings. The lowest BCUT2D eigenvalue weighted by Crippen LogP contribution is -2.15. The van der Waals surface area contributed by atoms with Gasteiger partial charge in [-0.2, -0.15) is 0 Å². The minimum absolute atomic E-state index is 0.286. The van der Waals surface area contributed by atoms with Crippen LogP contribution in [0.1, 0.15) is 5.56 Å². The third-order valence-corrected chi connectivity index (χ3v) is 2.32. The molecule has 1 aliphatic heterocycles. The Kier molecular flexibility index (Phi) is 3.18. The number of ketones is 1. The minimum atomic E-state index is -1.63. The number of aliphatic hydroxyl groups is 1. The van der Waals surface area contributed by atoms with Crippen LogP contribution in [-0.2, 0) is 9.59 Å². The molecule has 6 nitrogen and oxygen atoms in total. The molecule has 0 saturated heterocycles. The number of carbonyl (C=O) groups excluding carboxylic acids is 1. The number of benzene rings is 1. The fourth-order valence-corrected chi connectivity index (χ4v) is 1.47. The molecule has 0 amide bonds. The molecule has 1 heterocycles. The number of fused-ring (bicyclic) bond motifs is 1. The second-order valence-electron chi connectivity index (χ2n) is 3.56. The minimum Gasteiger partial charge on any atom is -0.507 e. The van der Waals surface area contributed by atoms with Gasteiger partial charge in [0, 0.05) is 11.6 Å². The Labute approximate surface area is 102 Å². The third-order valence-electron chi connectivity index (χ3n) is 2.32. The van der Waals surface area contributed by atoms with Crippen molar-refractivity contribution in [3.63, 3.8) is 0 Å². The van der Waals surface area contributed by atoms with E-state index >= 15 is 0 Å². The number of hydrogen-bond donors (Lipinski definition) is 2. The average Bonchev–Trinajstić information content (AvgIpc) is 2.37. The molecule has 18 heavy (non-hydrogen) atoms. The zero-order valence-electron chi connectivity index (χ0n) is 9.25. The van der Waals surface area contributed by atoms with Crippen molar-refractivity contribution in [2.75, 3.05) is 13.2 Å². The lowest BCUT2D eigenvalue weighted by atomic mass is 10.1. The summed E-state index contributed by atoms with van der Waals surface area (Å²) in [6.45, 7) is 0.848. The van der Waals surface area contributed by atoms with Crippen LogP contribution >= 0.6 is 0 Å². The quantitative estimate of drug-likeness (QED) is 0.472. The molecule has 0 atom stereocenters. The van der Waals surface area contributed by atoms with Crippen molar-refractivity contribution in [1.82, 2.24) is 0 Å². The summed E-state index contributed by atoms with van der Waals surface area (Å²) in [4.78, 5) is 21.3. The largest absolute Gasteiger partial charge is 0.507 e. The monoisotopic (exact) mass is 250 g/mol. The standard InChI is InChI=1S/C12H10O6/c13-8(6-9(14)12(15)16)7-1-2-10-11(5-7)18-4-3-17-10/h1-2,5-6,13H,3-4H2,(H,15,16)/b8-6-. The highest BCUT2D eigenvalue weighted by molar-refractivity contribution is 6.38. The molecule has 0 radical (unpaired) electrons. The van der Waals surface area contributed by atoms with Gasteiger partial charge in [0.25, 0.3) is 5.78 Å². The Balaban J connectivity index is 2.28. The molecular weight excluding hydrogens is 240 g/mol. The fourth-order valence-electron chi connectivity index (χ4n) is 1.47. The Morgan fingerprint density at radius 3 is 2.44 bits per heavy atom. The van der Waals surface area contributed by atoms with Crippen LogP contribution in [0.15, 0.2) is 24.3 Å². The first-order chi connectivity index (χ1) is 8.58. The highest BCUT2D eigenvalue weighted by atomic mass is 16.6. The van der Waals surface area contributed by atoms with Crippen LogP contribution in [0.5, 0.6) is 11.5 Å². The van der Waals surface area contributed by atoms with Crippen LogP contribution < -0.4 is 9.47 Å². The maximum atomic E-state index is 10.9. The van der Waals surface area contributed by atoms with E-state index in [1.54, 1.807) is 6.07 Å². The highest BCUT2D eigenvalue weighted by Gasteiger charge is 2.15. The Morgan fingerprint density at radius 2 is 1.78 bits per heavy atom. The van der Waals surface area contributed by atoms with E-state index in [1.807, 2.05) is 0 Å². The van der Waals surface area contributed by atoms with Gasteiger partial charge in [0.15, 0.2) is 11.5 Å². The predicted octanol–water partition coefficient (Wildman–Crippen LogP) is 1.01. The van der Waals surface area contributed by atoms with Gasteiger partial charge >= 0.3 is 5.97 Å². The molecule has 0 saturated carbocycles. The lowest BCUT2D eigenvalue weighted by molar-refractivity contribution is -0.146. The molecule has 1 aromatic rings. The summed E-state index contributed by atoms with van der Waals surface area (Å²) < 4.78 is 10.6. The van der Waals surface area contributed by atoms with E-state index in [2.05, 4.69) is 0 Å². The molecule has 0 bridgehead atoms. The van der Waals surface area contributed by atoms with Crippen molar-refractivity contribution in [3.05, 3.63) is 29.8 Å². The van der Waals surface area contributed by atoms with Gasteiger partial charge in [-0.1, -0.05) is 0 Å². The van der Waals surface area contributed by atoms with E-state index in [9.17, 15) is 14.7 Å². The van der Waals surface area contributed by atoms with Crippen LogP contribution in [-0.4, -0.2) is 35.2 Å². The molecule has 0 aliphatic carbocycles. The molecule has 6 heteroatoms. The zero-order valence-corrected chi connectivity index (χ0v) is 9.25. The van der Waals surface area contributed by atoms with Crippen LogP contribution in [0.2, 0.25) is 0 Å². The molecule has 1 aromatic carbocycles. The van der Waals surface area contributed by atoms with Crippen LogP contribution in [0.25, 0.3) is 5.76 Å². The lowest BCUT2D eigenvalue weighted by Gasteiger charge is -2.18. The van der Waals surface area contributed by atoms with Crippen molar-refractivity contribution in [1.29, 1.82) is 0 Å². The SMILES string of the molecule is O=C(O)C(=O)/C=C(\O)c1ccc2c(c1)OCCO2. The number of carboxylic acid groups (broad SMARTS) is 1. The van der Waals surface area contributed by atoms with Crippen LogP contribution in [0.3, 0.4) is 0 Å². The molecular formula is C12H10O6. The summed E-state index contributed by atoms with van der Waals surface area (Å²) in [6, 6.07) is 4.57. The fraction of sp³-hybridized carbons (Fsp3) is 0.167. The van der Waals surface area contributed by atoms with E-state index < -0.39 is 17.5 Å². The number of rotatable bonds is 3. The molecule has 2 rings (SSSR count). The van der Waals surface area contributed by atoms with Gasteiger partial charge in [0.1, 0.15) is 19.0 Å². The first-order valence-electron chi connectivity index (χ1n) is 5.16. The highest BCUT2D eigenvalue weighted by Crippen LogP contribution is 2.32. The Morgan fingerprint density at radius 1 is 1.11 bits per heavy atom. The van der Waals surface area contributed by atoms with E-state index in [0.29, 0.717) is 30.8 Å². The van der Waals surface area contributed by atoms with Gasteiger partial charge in [-0.25, -0.2) is 4.79 Å². The van der Waals surface area contributed by atoms with Gasteiger partial charge in [-0.3, -0.25) is 4.79 Å². The van der Waals surface area contributed by atoms with E-state index in [4.69, 9.17) is 14.6 Å². The molecule has 2 N–H and O–H groups in total. The predicted molar refractivity (Wildman–Crippen MR) is 60.7 cm³/mol. The first-order valence-corrected chi connectivity index (χ1v) is 5.16. The Hall–Kier alpha value is -2.50. The number of carboxylic acids is 1. The summed E-state index contributed by atoms with van der Waals surface area (Å²) in [5, 5.41) is 18.0. The molecule has 0 spiro atoms. The summed E-state index contributed by atoms with van der Waals surface area (Å²) in [5.41, 5.74) is 0.286. The zero-order chi connectivity index (χ0) is 13.1. The van der Waals surface area contributed by atoms with E-state index in [0.717, 1.165) is 0 Å². The molecule has 94 valence electrons. The number of aliphatic hydroxyl groups excluding tert-OH is 1. The smallest absolute Gasteiger partial charge is 0.376 e. The van der Waals surface area contributed by atoms with Crippen molar-refractivity contribution in [2.45, 2.75) is 0 Å². The molecule has 0 unspecified atom stereocenters. The summed E-state index contributed by atoms with van der Waals surface area (Å²) in [5.74, 6) is -2.26. The van der Waals surface area contributed by atoms with Crippen molar-refractivity contribution >= 4 is 17.5 Å². The van der Waals surface area contributed by atoms with Crippen molar-refractivity contribution < 1.29 is 29.3 Å². The second kappa shape index (κ2) is 4.79. The average molecular weight is 250 g/mol. The van der Waals surface area contributed by atoms with Crippen LogP contribution in [0, 0.1) is 0 Å². The molecule has 0 aromatic heterocycles. The first kappa shape index (κ1) is 12.0. The van der Waals surface area contributed by atoms with Crippen LogP contribution in [0.4, 0.5) is 0 Å². The summed E-state index contributed by atoms with van der Waals surface area (Å²) >= 11 is 0. The van der Waals surface area contributed by atoms with E-state index in [-0.39, 0.29) is 5.56 Å². The van der Waals surface area contributed by atoms with E-state index in [1.165, 1.54) is 12.1 Å². The van der Waals surface area contributed by atoms with Crippen molar-refractivity contribution in [3.8, 4) is 11.5 Å². The topological polar surface area (TPSA) is 93.1 Å². The summed E-state index contributed by atoms with van der Waals surface area (Å²) in [6.07, 6.45) is 0.647. The number of ether oxygens (including phenoxy) is 2. The van der Waals surface area contributed by atoms with Gasteiger partial charge < -0.3 is 19.7 Å². The maximum Gasteiger partial charge on any atom is 0.376 e. The third kappa shape index (κ3) is 2.42. The maximum absolute atomic E-state index is 10.9. The normalized spacial score (nSPS) is 14.1. The number of aliphatic carboxylic acids is 1. The second-order valence-corrected chi connectivity index (χ2v) is 3.56.